The first-order valence-electron chi connectivity index (χ1n) is 4.98. The Bertz CT molecular complexity index is 319. The molecule has 0 aromatic heterocycles. The molecule has 1 aliphatic rings. The normalized spacial score (nSPS) is 25.1. The highest BCUT2D eigenvalue weighted by atomic mass is 35.5. The van der Waals surface area contributed by atoms with Gasteiger partial charge in [0.1, 0.15) is 6.07 Å². The van der Waals surface area contributed by atoms with Gasteiger partial charge in [0, 0.05) is 0 Å². The first-order chi connectivity index (χ1) is 7.29. The molecule has 1 aliphatic heterocycles. The molecule has 1 heterocycles. The first kappa shape index (κ1) is 13.8. The number of hydrogen-bond donors (Lipinski definition) is 0. The van der Waals surface area contributed by atoms with Crippen LogP contribution in [0.2, 0.25) is 0 Å². The van der Waals surface area contributed by atoms with Crippen molar-refractivity contribution in [2.24, 2.45) is 4.40 Å². The predicted octanol–water partition coefficient (Wildman–Crippen LogP) is 2.60. The van der Waals surface area contributed by atoms with Crippen molar-refractivity contribution in [3.8, 4) is 6.07 Å². The predicted molar refractivity (Wildman–Crippen MR) is 67.3 cm³/mol. The van der Waals surface area contributed by atoms with E-state index in [1.54, 1.807) is 6.07 Å². The van der Waals surface area contributed by atoms with Crippen molar-refractivity contribution in [1.82, 2.24) is 4.31 Å². The third-order valence-electron chi connectivity index (χ3n) is 2.31. The standard InChI is InChI=1S/C10H16ClN3OS/c1-9(2)6-15-7-10(3,4)14(9)16-13-8(11)5-12/h6-7H2,1-4H3. The lowest BCUT2D eigenvalue weighted by molar-refractivity contribution is -0.0742. The van der Waals surface area contributed by atoms with Gasteiger partial charge in [-0.3, -0.25) is 0 Å². The Balaban J connectivity index is 2.84. The highest BCUT2D eigenvalue weighted by Gasteiger charge is 2.43. The van der Waals surface area contributed by atoms with Crippen LogP contribution in [0.3, 0.4) is 0 Å². The van der Waals surface area contributed by atoms with Crippen molar-refractivity contribution in [3.63, 3.8) is 0 Å². The molecule has 1 rings (SSSR count). The van der Waals surface area contributed by atoms with Crippen LogP contribution >= 0.6 is 23.7 Å². The van der Waals surface area contributed by atoms with Crippen molar-refractivity contribution in [2.45, 2.75) is 38.8 Å². The number of nitriles is 1. The van der Waals surface area contributed by atoms with Crippen LogP contribution in [-0.4, -0.2) is 33.8 Å². The molecule has 0 spiro atoms. The quantitative estimate of drug-likeness (QED) is 0.566. The van der Waals surface area contributed by atoms with E-state index in [0.717, 1.165) is 0 Å². The van der Waals surface area contributed by atoms with E-state index >= 15 is 0 Å². The topological polar surface area (TPSA) is 48.6 Å². The van der Waals surface area contributed by atoms with Gasteiger partial charge in [0.05, 0.1) is 36.4 Å². The third-order valence-corrected chi connectivity index (χ3v) is 3.99. The van der Waals surface area contributed by atoms with Gasteiger partial charge in [0.15, 0.2) is 0 Å². The maximum absolute atomic E-state index is 8.56. The molecular weight excluding hydrogens is 246 g/mol. The summed E-state index contributed by atoms with van der Waals surface area (Å²) in [5.41, 5.74) is -0.273. The van der Waals surface area contributed by atoms with E-state index < -0.39 is 0 Å². The SMILES string of the molecule is CC1(C)COCC(C)(C)N1SN=C(Cl)C#N. The Kier molecular flexibility index (Phi) is 4.24. The maximum Gasteiger partial charge on any atom is 0.215 e. The van der Waals surface area contributed by atoms with E-state index in [1.807, 2.05) is 0 Å². The Morgan fingerprint density at radius 3 is 2.31 bits per heavy atom. The minimum Gasteiger partial charge on any atom is -0.378 e. The molecule has 16 heavy (non-hydrogen) atoms. The molecule has 0 aromatic rings. The zero-order valence-electron chi connectivity index (χ0n) is 9.95. The third kappa shape index (κ3) is 3.11. The second-order valence-corrected chi connectivity index (χ2v) is 6.06. The molecule has 4 nitrogen and oxygen atoms in total. The fraction of sp³-hybridized carbons (Fsp3) is 0.800. The highest BCUT2D eigenvalue weighted by molar-refractivity contribution is 7.96. The molecule has 6 heteroatoms. The van der Waals surface area contributed by atoms with Gasteiger partial charge in [0.25, 0.3) is 0 Å². The lowest BCUT2D eigenvalue weighted by atomic mass is 9.96. The van der Waals surface area contributed by atoms with Crippen LogP contribution in [0.4, 0.5) is 0 Å². The molecular formula is C10H16ClN3OS. The number of hydrogen-bond acceptors (Lipinski definition) is 5. The largest absolute Gasteiger partial charge is 0.378 e. The maximum atomic E-state index is 8.56. The van der Waals surface area contributed by atoms with E-state index in [0.29, 0.717) is 13.2 Å². The zero-order chi connectivity index (χ0) is 12.4. The fourth-order valence-corrected chi connectivity index (χ4v) is 2.64. The zero-order valence-corrected chi connectivity index (χ0v) is 11.5. The molecule has 0 atom stereocenters. The molecule has 0 unspecified atom stereocenters. The molecule has 1 fully saturated rings. The van der Waals surface area contributed by atoms with E-state index in [9.17, 15) is 0 Å². The van der Waals surface area contributed by atoms with Crippen molar-refractivity contribution in [3.05, 3.63) is 0 Å². The molecule has 0 aromatic carbocycles. The molecule has 0 saturated carbocycles. The molecule has 1 saturated heterocycles. The number of ether oxygens (including phenoxy) is 1. The minimum absolute atomic E-state index is 0.0388. The highest BCUT2D eigenvalue weighted by Crippen LogP contribution is 2.37. The molecule has 90 valence electrons. The van der Waals surface area contributed by atoms with Crippen molar-refractivity contribution >= 4 is 28.9 Å². The van der Waals surface area contributed by atoms with Crippen LogP contribution in [0.1, 0.15) is 27.7 Å². The van der Waals surface area contributed by atoms with Gasteiger partial charge in [-0.2, -0.15) is 9.66 Å². The Morgan fingerprint density at radius 1 is 1.38 bits per heavy atom. The van der Waals surface area contributed by atoms with E-state index in [-0.39, 0.29) is 16.2 Å². The Labute approximate surface area is 106 Å². The lowest BCUT2D eigenvalue weighted by Crippen LogP contribution is -2.60. The molecule has 0 radical (unpaired) electrons. The summed E-state index contributed by atoms with van der Waals surface area (Å²) in [6, 6.07) is 1.80. The number of halogens is 1. The summed E-state index contributed by atoms with van der Waals surface area (Å²) in [6.07, 6.45) is 0. The van der Waals surface area contributed by atoms with Gasteiger partial charge >= 0.3 is 0 Å². The molecule has 0 N–H and O–H groups in total. The van der Waals surface area contributed by atoms with Crippen LogP contribution in [-0.2, 0) is 4.74 Å². The monoisotopic (exact) mass is 261 g/mol. The van der Waals surface area contributed by atoms with Crippen molar-refractivity contribution in [2.75, 3.05) is 13.2 Å². The number of nitrogens with zero attached hydrogens (tertiary/aromatic N) is 3. The van der Waals surface area contributed by atoms with Crippen LogP contribution in [0, 0.1) is 11.3 Å². The van der Waals surface area contributed by atoms with Gasteiger partial charge in [0.2, 0.25) is 5.17 Å². The summed E-state index contributed by atoms with van der Waals surface area (Å²) >= 11 is 6.81. The summed E-state index contributed by atoms with van der Waals surface area (Å²) in [6.45, 7) is 9.60. The van der Waals surface area contributed by atoms with E-state index in [1.165, 1.54) is 12.1 Å². The summed E-state index contributed by atoms with van der Waals surface area (Å²) in [7, 11) is 0. The summed E-state index contributed by atoms with van der Waals surface area (Å²) in [4.78, 5) is 0. The second-order valence-electron chi connectivity index (χ2n) is 4.99. The van der Waals surface area contributed by atoms with Gasteiger partial charge in [-0.25, -0.2) is 4.31 Å². The summed E-state index contributed by atoms with van der Waals surface area (Å²) in [5, 5.41) is 8.52. The number of rotatable bonds is 2. The van der Waals surface area contributed by atoms with Gasteiger partial charge in [-0.15, -0.1) is 0 Å². The Hall–Kier alpha value is -0.280. The van der Waals surface area contributed by atoms with Gasteiger partial charge < -0.3 is 4.74 Å². The van der Waals surface area contributed by atoms with Crippen molar-refractivity contribution < 1.29 is 4.74 Å². The van der Waals surface area contributed by atoms with Crippen molar-refractivity contribution in [1.29, 1.82) is 5.26 Å². The minimum atomic E-state index is -0.136. The van der Waals surface area contributed by atoms with Crippen LogP contribution < -0.4 is 0 Å². The number of morpholine rings is 1. The average molecular weight is 262 g/mol. The smallest absolute Gasteiger partial charge is 0.215 e. The van der Waals surface area contributed by atoms with Crippen LogP contribution in [0.15, 0.2) is 4.40 Å². The van der Waals surface area contributed by atoms with Crippen LogP contribution in [0.25, 0.3) is 0 Å². The molecule has 0 bridgehead atoms. The fourth-order valence-electron chi connectivity index (χ4n) is 1.81. The molecule has 0 aliphatic carbocycles. The van der Waals surface area contributed by atoms with Crippen LogP contribution in [0.5, 0.6) is 0 Å². The summed E-state index contributed by atoms with van der Waals surface area (Å²) < 4.78 is 11.7. The first-order valence-corrected chi connectivity index (χ1v) is 6.09. The molecule has 0 amide bonds. The van der Waals surface area contributed by atoms with Gasteiger partial charge in [-0.05, 0) is 39.3 Å². The van der Waals surface area contributed by atoms with E-state index in [2.05, 4.69) is 36.4 Å². The summed E-state index contributed by atoms with van der Waals surface area (Å²) in [5.74, 6) is 0. The lowest BCUT2D eigenvalue weighted by Gasteiger charge is -2.49. The Morgan fingerprint density at radius 2 is 1.88 bits per heavy atom. The van der Waals surface area contributed by atoms with Gasteiger partial charge in [-0.1, -0.05) is 0 Å². The average Bonchev–Trinajstić information content (AvgIpc) is 2.14. The second kappa shape index (κ2) is 4.92. The van der Waals surface area contributed by atoms with E-state index in [4.69, 9.17) is 21.6 Å².